The molecule has 0 heterocycles. The number of hydrazone groups is 2. The van der Waals surface area contributed by atoms with Crippen LogP contribution in [0, 0.1) is 10.4 Å². The van der Waals surface area contributed by atoms with Crippen LogP contribution in [-0.2, 0) is 0 Å². The van der Waals surface area contributed by atoms with E-state index in [1.807, 2.05) is 0 Å². The standard InChI is InChI=1S/C14H10Cl2N2O2/c15-13-7-3-1-5-11(13)9-17(19)18(20)10-12-6-2-4-8-14(12)16/h1-10H/b17-9-,18-10+. The Bertz CT molecular complexity index is 625. The van der Waals surface area contributed by atoms with Gasteiger partial charge in [0.2, 0.25) is 0 Å². The van der Waals surface area contributed by atoms with Gasteiger partial charge < -0.3 is 10.4 Å². The van der Waals surface area contributed by atoms with Crippen LogP contribution in [0.25, 0.3) is 0 Å². The molecule has 0 saturated heterocycles. The fourth-order valence-electron chi connectivity index (χ4n) is 1.51. The predicted octanol–water partition coefficient (Wildman–Crippen LogP) is 3.47. The van der Waals surface area contributed by atoms with E-state index in [4.69, 9.17) is 23.2 Å². The average Bonchev–Trinajstić information content (AvgIpc) is 2.43. The summed E-state index contributed by atoms with van der Waals surface area (Å²) in [5.41, 5.74) is 0.912. The lowest BCUT2D eigenvalue weighted by atomic mass is 10.2. The second kappa shape index (κ2) is 6.41. The zero-order valence-electron chi connectivity index (χ0n) is 10.2. The van der Waals surface area contributed by atoms with Gasteiger partial charge in [-0.05, 0) is 24.3 Å². The molecule has 102 valence electrons. The molecule has 0 amide bonds. The van der Waals surface area contributed by atoms with Gasteiger partial charge >= 0.3 is 0 Å². The van der Waals surface area contributed by atoms with Crippen molar-refractivity contribution in [1.82, 2.24) is 0 Å². The third kappa shape index (κ3) is 3.50. The molecule has 6 heteroatoms. The molecule has 2 rings (SSSR count). The molecule has 0 aliphatic carbocycles. The molecule has 0 saturated carbocycles. The molecule has 0 bridgehead atoms. The van der Waals surface area contributed by atoms with Crippen LogP contribution < -0.4 is 0 Å². The molecule has 0 atom stereocenters. The van der Waals surface area contributed by atoms with E-state index < -0.39 is 0 Å². The van der Waals surface area contributed by atoms with E-state index in [0.29, 0.717) is 21.2 Å². The van der Waals surface area contributed by atoms with Crippen molar-refractivity contribution in [3.63, 3.8) is 0 Å². The smallest absolute Gasteiger partial charge is 0.261 e. The van der Waals surface area contributed by atoms with Crippen molar-refractivity contribution in [1.29, 1.82) is 0 Å². The largest absolute Gasteiger partial charge is 0.561 e. The molecule has 0 aromatic heterocycles. The zero-order valence-corrected chi connectivity index (χ0v) is 11.8. The Balaban J connectivity index is 2.32. The number of nitrogens with zero attached hydrogens (tertiary/aromatic N) is 2. The fourth-order valence-corrected chi connectivity index (χ4v) is 1.88. The Labute approximate surface area is 126 Å². The van der Waals surface area contributed by atoms with Crippen LogP contribution in [0.5, 0.6) is 0 Å². The van der Waals surface area contributed by atoms with Gasteiger partial charge in [0.15, 0.2) is 0 Å². The molecule has 4 nitrogen and oxygen atoms in total. The van der Waals surface area contributed by atoms with Crippen molar-refractivity contribution >= 4 is 35.6 Å². The minimum atomic E-state index is 0.143. The molecule has 0 spiro atoms. The molecule has 0 aliphatic heterocycles. The lowest BCUT2D eigenvalue weighted by Crippen LogP contribution is -2.18. The van der Waals surface area contributed by atoms with Gasteiger partial charge in [0.05, 0.1) is 30.9 Å². The Morgan fingerprint density at radius 3 is 1.40 bits per heavy atom. The van der Waals surface area contributed by atoms with Crippen LogP contribution in [0.4, 0.5) is 0 Å². The summed E-state index contributed by atoms with van der Waals surface area (Å²) in [7, 11) is 0. The molecule has 0 radical (unpaired) electrons. The van der Waals surface area contributed by atoms with E-state index in [1.165, 1.54) is 0 Å². The second-order valence-corrected chi connectivity index (χ2v) is 4.72. The SMILES string of the molecule is [O-][N+](=C\c1ccccc1Cl)/[N+]([O-])=C\c1ccccc1Cl. The van der Waals surface area contributed by atoms with Crippen molar-refractivity contribution in [2.45, 2.75) is 0 Å². The van der Waals surface area contributed by atoms with Crippen molar-refractivity contribution < 1.29 is 9.70 Å². The summed E-state index contributed by atoms with van der Waals surface area (Å²) in [6.07, 6.45) is 2.20. The van der Waals surface area contributed by atoms with Crippen LogP contribution in [0.3, 0.4) is 0 Å². The first-order valence-electron chi connectivity index (χ1n) is 5.69. The number of benzene rings is 2. The van der Waals surface area contributed by atoms with Gasteiger partial charge in [-0.1, -0.05) is 47.5 Å². The average molecular weight is 309 g/mol. The number of hydrogen-bond donors (Lipinski definition) is 0. The van der Waals surface area contributed by atoms with E-state index in [1.54, 1.807) is 48.5 Å². The summed E-state index contributed by atoms with van der Waals surface area (Å²) < 4.78 is 0. The van der Waals surface area contributed by atoms with Crippen LogP contribution in [0.2, 0.25) is 10.0 Å². The van der Waals surface area contributed by atoms with Gasteiger partial charge in [-0.2, -0.15) is 0 Å². The van der Waals surface area contributed by atoms with Crippen LogP contribution in [-0.4, -0.2) is 22.1 Å². The molecule has 0 aliphatic rings. The Morgan fingerprint density at radius 2 is 1.05 bits per heavy atom. The minimum absolute atomic E-state index is 0.143. The Morgan fingerprint density at radius 1 is 0.700 bits per heavy atom. The first kappa shape index (κ1) is 14.4. The molecule has 2 aromatic rings. The van der Waals surface area contributed by atoms with E-state index in [9.17, 15) is 10.4 Å². The van der Waals surface area contributed by atoms with Crippen molar-refractivity contribution in [3.05, 3.63) is 80.1 Å². The summed E-state index contributed by atoms with van der Waals surface area (Å²) in [5, 5.41) is 24.2. The fraction of sp³-hybridized carbons (Fsp3) is 0. The lowest BCUT2D eigenvalue weighted by Gasteiger charge is -2.01. The molecular formula is C14H10Cl2N2O2. The van der Waals surface area contributed by atoms with Crippen molar-refractivity contribution in [2.24, 2.45) is 0 Å². The third-order valence-corrected chi connectivity index (χ3v) is 3.19. The topological polar surface area (TPSA) is 52.1 Å². The van der Waals surface area contributed by atoms with Crippen LogP contribution >= 0.6 is 23.2 Å². The monoisotopic (exact) mass is 308 g/mol. The quantitative estimate of drug-likeness (QED) is 0.377. The van der Waals surface area contributed by atoms with Crippen LogP contribution in [0.1, 0.15) is 11.1 Å². The molecule has 0 N–H and O–H groups in total. The Kier molecular flexibility index (Phi) is 4.61. The van der Waals surface area contributed by atoms with Gasteiger partial charge in [0.1, 0.15) is 0 Å². The maximum absolute atomic E-state index is 11.7. The summed E-state index contributed by atoms with van der Waals surface area (Å²) >= 11 is 11.8. The molecule has 0 fully saturated rings. The highest BCUT2D eigenvalue weighted by atomic mass is 35.5. The minimum Gasteiger partial charge on any atom is -0.561 e. The number of halogens is 2. The van der Waals surface area contributed by atoms with Gasteiger partial charge in [-0.15, -0.1) is 0 Å². The highest BCUT2D eigenvalue weighted by Crippen LogP contribution is 2.13. The molecule has 20 heavy (non-hydrogen) atoms. The highest BCUT2D eigenvalue weighted by Gasteiger charge is 2.08. The number of hydrazine groups is 1. The maximum atomic E-state index is 11.7. The Hall–Kier alpha value is -2.04. The summed E-state index contributed by atoms with van der Waals surface area (Å²) in [4.78, 5) is 0.287. The summed E-state index contributed by atoms with van der Waals surface area (Å²) in [6.45, 7) is 0. The van der Waals surface area contributed by atoms with Crippen molar-refractivity contribution in [2.75, 3.05) is 0 Å². The van der Waals surface area contributed by atoms with E-state index in [0.717, 1.165) is 12.4 Å². The maximum Gasteiger partial charge on any atom is 0.261 e. The van der Waals surface area contributed by atoms with Gasteiger partial charge in [-0.3, -0.25) is 0 Å². The summed E-state index contributed by atoms with van der Waals surface area (Å²) in [6, 6.07) is 13.5. The first-order valence-corrected chi connectivity index (χ1v) is 6.45. The van der Waals surface area contributed by atoms with Gasteiger partial charge in [0, 0.05) is 0 Å². The molecular weight excluding hydrogens is 299 g/mol. The van der Waals surface area contributed by atoms with Gasteiger partial charge in [0.25, 0.3) is 12.4 Å². The number of rotatable bonds is 3. The summed E-state index contributed by atoms with van der Waals surface area (Å²) in [5.74, 6) is 0. The molecule has 2 aromatic carbocycles. The third-order valence-electron chi connectivity index (χ3n) is 2.50. The van der Waals surface area contributed by atoms with Crippen LogP contribution in [0.15, 0.2) is 48.5 Å². The lowest BCUT2D eigenvalue weighted by molar-refractivity contribution is -1.05. The van der Waals surface area contributed by atoms with E-state index in [2.05, 4.69) is 0 Å². The second-order valence-electron chi connectivity index (χ2n) is 3.91. The van der Waals surface area contributed by atoms with E-state index in [-0.39, 0.29) is 9.70 Å². The zero-order chi connectivity index (χ0) is 14.5. The van der Waals surface area contributed by atoms with Crippen molar-refractivity contribution in [3.8, 4) is 0 Å². The van der Waals surface area contributed by atoms with E-state index >= 15 is 0 Å². The molecule has 0 unspecified atom stereocenters. The first-order chi connectivity index (χ1) is 9.58. The number of hydrogen-bond acceptors (Lipinski definition) is 2. The highest BCUT2D eigenvalue weighted by molar-refractivity contribution is 6.33. The van der Waals surface area contributed by atoms with Gasteiger partial charge in [-0.25, -0.2) is 0 Å². The predicted molar refractivity (Wildman–Crippen MR) is 80.5 cm³/mol. The normalized spacial score (nSPS) is 12.5.